The van der Waals surface area contributed by atoms with Gasteiger partial charge < -0.3 is 11.1 Å². The van der Waals surface area contributed by atoms with Crippen molar-refractivity contribution in [3.05, 3.63) is 34.6 Å². The van der Waals surface area contributed by atoms with Crippen LogP contribution in [0, 0.1) is 17.1 Å². The van der Waals surface area contributed by atoms with Crippen molar-refractivity contribution in [3.8, 4) is 6.07 Å². The van der Waals surface area contributed by atoms with Gasteiger partial charge >= 0.3 is 0 Å². The van der Waals surface area contributed by atoms with Crippen molar-refractivity contribution >= 4 is 28.1 Å². The van der Waals surface area contributed by atoms with Crippen LogP contribution < -0.4 is 11.1 Å². The summed E-state index contributed by atoms with van der Waals surface area (Å²) in [6.45, 7) is 0. The van der Waals surface area contributed by atoms with Crippen LogP contribution in [-0.4, -0.2) is 16.1 Å². The number of nitrogen functional groups attached to an aromatic ring is 1. The Hall–Kier alpha value is -2.53. The van der Waals surface area contributed by atoms with Gasteiger partial charge in [0.15, 0.2) is 0 Å². The topological polar surface area (TPSA) is 105 Å². The molecule has 18 heavy (non-hydrogen) atoms. The number of aromatic nitrogens is 2. The lowest BCUT2D eigenvalue weighted by atomic mass is 10.2. The van der Waals surface area contributed by atoms with Gasteiger partial charge in [-0.05, 0) is 18.2 Å². The van der Waals surface area contributed by atoms with Crippen LogP contribution in [0.2, 0.25) is 0 Å². The minimum Gasteiger partial charge on any atom is -0.374 e. The molecule has 0 aliphatic rings. The van der Waals surface area contributed by atoms with Crippen LogP contribution in [0.25, 0.3) is 0 Å². The first-order valence-corrected chi connectivity index (χ1v) is 5.52. The number of rotatable bonds is 2. The van der Waals surface area contributed by atoms with E-state index in [4.69, 9.17) is 11.0 Å². The molecule has 0 aliphatic carbocycles. The highest BCUT2D eigenvalue weighted by molar-refractivity contribution is 7.16. The van der Waals surface area contributed by atoms with Gasteiger partial charge in [-0.2, -0.15) is 5.26 Å². The molecule has 0 unspecified atom stereocenters. The number of nitrogens with two attached hydrogens (primary N) is 1. The summed E-state index contributed by atoms with van der Waals surface area (Å²) in [6, 6.07) is 5.26. The fraction of sp³-hybridized carbons (Fsp3) is 0. The highest BCUT2D eigenvalue weighted by atomic mass is 32.1. The molecule has 1 aromatic carbocycles. The molecule has 0 saturated carbocycles. The number of nitrogens with zero attached hydrogens (tertiary/aromatic N) is 3. The molecular weight excluding hydrogens is 257 g/mol. The van der Waals surface area contributed by atoms with Crippen LogP contribution in [0.3, 0.4) is 0 Å². The van der Waals surface area contributed by atoms with Gasteiger partial charge in [0.25, 0.3) is 5.91 Å². The fourth-order valence-corrected chi connectivity index (χ4v) is 1.73. The lowest BCUT2D eigenvalue weighted by Crippen LogP contribution is -2.12. The zero-order chi connectivity index (χ0) is 13.1. The summed E-state index contributed by atoms with van der Waals surface area (Å²) >= 11 is 0.918. The predicted octanol–water partition coefficient (Wildman–Crippen LogP) is 1.38. The van der Waals surface area contributed by atoms with Gasteiger partial charge in [-0.3, -0.25) is 4.79 Å². The van der Waals surface area contributed by atoms with E-state index < -0.39 is 11.7 Å². The van der Waals surface area contributed by atoms with E-state index in [0.29, 0.717) is 0 Å². The minimum atomic E-state index is -0.551. The first kappa shape index (κ1) is 11.9. The van der Waals surface area contributed by atoms with Gasteiger partial charge in [0, 0.05) is 0 Å². The highest BCUT2D eigenvalue weighted by Crippen LogP contribution is 2.18. The smallest absolute Gasteiger partial charge is 0.286 e. The van der Waals surface area contributed by atoms with Gasteiger partial charge in [-0.1, -0.05) is 11.3 Å². The van der Waals surface area contributed by atoms with Crippen molar-refractivity contribution in [2.75, 3.05) is 11.1 Å². The Morgan fingerprint density at radius 2 is 2.28 bits per heavy atom. The van der Waals surface area contributed by atoms with E-state index in [1.807, 2.05) is 0 Å². The molecular formula is C10H6FN5OS. The molecule has 0 aliphatic heterocycles. The predicted molar refractivity (Wildman–Crippen MR) is 63.4 cm³/mol. The molecule has 1 aromatic heterocycles. The number of nitriles is 1. The Kier molecular flexibility index (Phi) is 3.16. The van der Waals surface area contributed by atoms with Crippen LogP contribution in [0.4, 0.5) is 15.2 Å². The zero-order valence-corrected chi connectivity index (χ0v) is 9.66. The average Bonchev–Trinajstić information content (AvgIpc) is 2.78. The molecule has 0 atom stereocenters. The third-order valence-electron chi connectivity index (χ3n) is 1.99. The Morgan fingerprint density at radius 3 is 2.89 bits per heavy atom. The number of halogens is 1. The van der Waals surface area contributed by atoms with Gasteiger partial charge in [0.05, 0.1) is 11.3 Å². The normalized spacial score (nSPS) is 9.78. The van der Waals surface area contributed by atoms with Crippen LogP contribution >= 0.6 is 11.3 Å². The number of carbonyl (C=O) groups is 1. The molecule has 3 N–H and O–H groups in total. The Labute approximate surface area is 105 Å². The van der Waals surface area contributed by atoms with Crippen molar-refractivity contribution in [3.63, 3.8) is 0 Å². The second-order valence-electron chi connectivity index (χ2n) is 3.20. The second-order valence-corrected chi connectivity index (χ2v) is 4.21. The lowest BCUT2D eigenvalue weighted by molar-refractivity contribution is 0.102. The van der Waals surface area contributed by atoms with E-state index in [9.17, 15) is 9.18 Å². The molecule has 0 spiro atoms. The Bertz CT molecular complexity index is 648. The largest absolute Gasteiger partial charge is 0.374 e. The summed E-state index contributed by atoms with van der Waals surface area (Å²) in [6.07, 6.45) is 0. The lowest BCUT2D eigenvalue weighted by Gasteiger charge is -2.04. The van der Waals surface area contributed by atoms with Crippen molar-refractivity contribution < 1.29 is 9.18 Å². The molecule has 2 aromatic rings. The molecule has 0 bridgehead atoms. The molecule has 6 nitrogen and oxygen atoms in total. The number of hydrogen-bond donors (Lipinski definition) is 2. The summed E-state index contributed by atoms with van der Waals surface area (Å²) in [4.78, 5) is 11.7. The SMILES string of the molecule is N#Cc1cc(F)ccc1NC(=O)c1nnc(N)s1. The van der Waals surface area contributed by atoms with Gasteiger partial charge in [0.1, 0.15) is 11.9 Å². The van der Waals surface area contributed by atoms with E-state index in [1.54, 1.807) is 6.07 Å². The number of nitrogens with one attached hydrogen (secondary N) is 1. The summed E-state index contributed by atoms with van der Waals surface area (Å²) in [5.74, 6) is -1.10. The van der Waals surface area contributed by atoms with E-state index in [2.05, 4.69) is 15.5 Å². The Morgan fingerprint density at radius 1 is 1.50 bits per heavy atom. The van der Waals surface area contributed by atoms with Crippen LogP contribution in [-0.2, 0) is 0 Å². The molecule has 1 amide bonds. The number of carbonyl (C=O) groups excluding carboxylic acids is 1. The first-order chi connectivity index (χ1) is 8.60. The summed E-state index contributed by atoms with van der Waals surface area (Å²) < 4.78 is 12.9. The molecule has 1 heterocycles. The van der Waals surface area contributed by atoms with Crippen LogP contribution in [0.5, 0.6) is 0 Å². The Balaban J connectivity index is 2.25. The molecule has 0 fully saturated rings. The number of amides is 1. The van der Waals surface area contributed by atoms with Crippen molar-refractivity contribution in [2.24, 2.45) is 0 Å². The maximum atomic E-state index is 12.9. The maximum Gasteiger partial charge on any atom is 0.286 e. The van der Waals surface area contributed by atoms with Gasteiger partial charge in [-0.25, -0.2) is 4.39 Å². The quantitative estimate of drug-likeness (QED) is 0.851. The molecule has 8 heteroatoms. The summed E-state index contributed by atoms with van der Waals surface area (Å²) in [5, 5.41) is 18.6. The third-order valence-corrected chi connectivity index (χ3v) is 2.74. The van der Waals surface area contributed by atoms with Crippen molar-refractivity contribution in [1.29, 1.82) is 5.26 Å². The van der Waals surface area contributed by atoms with E-state index >= 15 is 0 Å². The van der Waals surface area contributed by atoms with E-state index in [1.165, 1.54) is 6.07 Å². The van der Waals surface area contributed by atoms with Crippen LogP contribution in [0.1, 0.15) is 15.4 Å². The molecule has 90 valence electrons. The van der Waals surface area contributed by atoms with Gasteiger partial charge in [-0.15, -0.1) is 10.2 Å². The minimum absolute atomic E-state index is 0.0286. The zero-order valence-electron chi connectivity index (χ0n) is 8.85. The van der Waals surface area contributed by atoms with E-state index in [-0.39, 0.29) is 21.4 Å². The summed E-state index contributed by atoms with van der Waals surface area (Å²) in [7, 11) is 0. The first-order valence-electron chi connectivity index (χ1n) is 4.70. The average molecular weight is 263 g/mol. The van der Waals surface area contributed by atoms with E-state index in [0.717, 1.165) is 23.5 Å². The molecule has 2 rings (SSSR count). The monoisotopic (exact) mass is 263 g/mol. The standard InChI is InChI=1S/C10H6FN5OS/c11-6-1-2-7(5(3-6)4-12)14-8(17)9-15-16-10(13)18-9/h1-3H,(H2,13,16)(H,14,17). The molecule has 0 saturated heterocycles. The third kappa shape index (κ3) is 2.41. The van der Waals surface area contributed by atoms with Crippen molar-refractivity contribution in [1.82, 2.24) is 10.2 Å². The highest BCUT2D eigenvalue weighted by Gasteiger charge is 2.14. The number of hydrogen-bond acceptors (Lipinski definition) is 6. The van der Waals surface area contributed by atoms with Crippen molar-refractivity contribution in [2.45, 2.75) is 0 Å². The van der Waals surface area contributed by atoms with Gasteiger partial charge in [0.2, 0.25) is 10.1 Å². The summed E-state index contributed by atoms with van der Waals surface area (Å²) in [5.41, 5.74) is 5.58. The second kappa shape index (κ2) is 4.77. The molecule has 0 radical (unpaired) electrons. The number of anilines is 2. The maximum absolute atomic E-state index is 12.9. The number of benzene rings is 1. The fourth-order valence-electron chi connectivity index (χ4n) is 1.22. The van der Waals surface area contributed by atoms with Crippen LogP contribution in [0.15, 0.2) is 18.2 Å².